The van der Waals surface area contributed by atoms with Crippen LogP contribution < -0.4 is 5.32 Å². The molecule has 2 saturated heterocycles. The average molecular weight is 215 g/mol. The second kappa shape index (κ2) is 3.73. The van der Waals surface area contributed by atoms with Crippen LogP contribution in [0, 0.1) is 0 Å². The number of ether oxygens (including phenoxy) is 3. The molecule has 2 aliphatic heterocycles. The third kappa shape index (κ3) is 1.75. The van der Waals surface area contributed by atoms with Crippen LogP contribution in [0.2, 0.25) is 0 Å². The second-order valence-electron chi connectivity index (χ2n) is 4.37. The lowest BCUT2D eigenvalue weighted by atomic mass is 9.99. The van der Waals surface area contributed by atoms with Gasteiger partial charge in [0.15, 0.2) is 6.10 Å². The largest absolute Gasteiger partial charge is 0.357 e. The van der Waals surface area contributed by atoms with Gasteiger partial charge in [-0.25, -0.2) is 0 Å². The van der Waals surface area contributed by atoms with E-state index in [0.29, 0.717) is 6.54 Å². The fourth-order valence-electron chi connectivity index (χ4n) is 2.15. The zero-order valence-electron chi connectivity index (χ0n) is 9.28. The van der Waals surface area contributed by atoms with Crippen LogP contribution in [-0.2, 0) is 19.0 Å². The fourth-order valence-corrected chi connectivity index (χ4v) is 2.15. The molecule has 3 unspecified atom stereocenters. The molecule has 0 spiro atoms. The third-order valence-electron chi connectivity index (χ3n) is 2.83. The predicted octanol–water partition coefficient (Wildman–Crippen LogP) is 0.0414. The highest BCUT2D eigenvalue weighted by atomic mass is 16.7. The number of fused-ring (bicyclic) bond motifs is 1. The molecule has 2 heterocycles. The second-order valence-corrected chi connectivity index (χ2v) is 4.37. The Hall–Kier alpha value is -0.650. The predicted molar refractivity (Wildman–Crippen MR) is 52.2 cm³/mol. The van der Waals surface area contributed by atoms with Gasteiger partial charge < -0.3 is 19.5 Å². The summed E-state index contributed by atoms with van der Waals surface area (Å²) in [5.74, 6) is -0.122. The highest BCUT2D eigenvalue weighted by Crippen LogP contribution is 2.37. The lowest BCUT2D eigenvalue weighted by Gasteiger charge is -2.23. The Labute approximate surface area is 89.1 Å². The lowest BCUT2D eigenvalue weighted by Crippen LogP contribution is -2.42. The van der Waals surface area contributed by atoms with Crippen molar-refractivity contribution in [3.63, 3.8) is 0 Å². The van der Waals surface area contributed by atoms with E-state index >= 15 is 0 Å². The average Bonchev–Trinajstić information content (AvgIpc) is 2.70. The summed E-state index contributed by atoms with van der Waals surface area (Å²) >= 11 is 0. The van der Waals surface area contributed by atoms with Crippen LogP contribution in [0.15, 0.2) is 0 Å². The Morgan fingerprint density at radius 2 is 2.20 bits per heavy atom. The van der Waals surface area contributed by atoms with E-state index in [1.807, 2.05) is 20.8 Å². The molecule has 0 aromatic carbocycles. The number of carbonyl (C=O) groups excluding carboxylic acids is 1. The molecule has 15 heavy (non-hydrogen) atoms. The van der Waals surface area contributed by atoms with Gasteiger partial charge in [-0.15, -0.1) is 0 Å². The van der Waals surface area contributed by atoms with Crippen molar-refractivity contribution in [2.45, 2.75) is 44.7 Å². The summed E-state index contributed by atoms with van der Waals surface area (Å²) in [4.78, 5) is 11.7. The van der Waals surface area contributed by atoms with Crippen LogP contribution in [-0.4, -0.2) is 43.2 Å². The van der Waals surface area contributed by atoms with Crippen molar-refractivity contribution in [1.29, 1.82) is 0 Å². The van der Waals surface area contributed by atoms with Crippen molar-refractivity contribution >= 4 is 5.91 Å². The van der Waals surface area contributed by atoms with Crippen molar-refractivity contribution in [2.24, 2.45) is 0 Å². The maximum absolute atomic E-state index is 11.7. The van der Waals surface area contributed by atoms with Crippen LogP contribution in [0.5, 0.6) is 0 Å². The van der Waals surface area contributed by atoms with Gasteiger partial charge in [-0.2, -0.15) is 0 Å². The third-order valence-corrected chi connectivity index (χ3v) is 2.83. The summed E-state index contributed by atoms with van der Waals surface area (Å²) < 4.78 is 16.5. The molecule has 3 atom stereocenters. The van der Waals surface area contributed by atoms with Crippen LogP contribution >= 0.6 is 0 Å². The standard InChI is InChI=1S/C10H17NO4/c1-4-11-9(12)7-6-8(14-5-13-6)10(2,3)15-7/h6-8H,4-5H2,1-3H3,(H,11,12). The monoisotopic (exact) mass is 215 g/mol. The first kappa shape index (κ1) is 10.9. The number of rotatable bonds is 2. The smallest absolute Gasteiger partial charge is 0.251 e. The van der Waals surface area contributed by atoms with Crippen LogP contribution in [0.4, 0.5) is 0 Å². The molecule has 5 nitrogen and oxygen atoms in total. The quantitative estimate of drug-likeness (QED) is 0.706. The van der Waals surface area contributed by atoms with E-state index in [2.05, 4.69) is 5.32 Å². The summed E-state index contributed by atoms with van der Waals surface area (Å²) in [5.41, 5.74) is -0.461. The summed E-state index contributed by atoms with van der Waals surface area (Å²) in [5, 5.41) is 2.74. The highest BCUT2D eigenvalue weighted by molar-refractivity contribution is 5.82. The summed E-state index contributed by atoms with van der Waals surface area (Å²) in [6.45, 7) is 6.55. The maximum atomic E-state index is 11.7. The maximum Gasteiger partial charge on any atom is 0.251 e. The molecule has 0 aliphatic carbocycles. The number of likely N-dealkylation sites (N-methyl/N-ethyl adjacent to an activating group) is 1. The molecule has 86 valence electrons. The minimum atomic E-state index is -0.549. The topological polar surface area (TPSA) is 56.8 Å². The molecule has 1 amide bonds. The van der Waals surface area contributed by atoms with E-state index in [4.69, 9.17) is 14.2 Å². The van der Waals surface area contributed by atoms with Gasteiger partial charge in [0, 0.05) is 6.54 Å². The molecule has 2 aliphatic rings. The fraction of sp³-hybridized carbons (Fsp3) is 0.900. The molecule has 0 aromatic rings. The van der Waals surface area contributed by atoms with Gasteiger partial charge in [0.25, 0.3) is 5.91 Å². The summed E-state index contributed by atoms with van der Waals surface area (Å²) in [7, 11) is 0. The molecular formula is C10H17NO4. The van der Waals surface area contributed by atoms with Crippen LogP contribution in [0.3, 0.4) is 0 Å². The first-order valence-electron chi connectivity index (χ1n) is 5.25. The zero-order valence-corrected chi connectivity index (χ0v) is 9.28. The van der Waals surface area contributed by atoms with E-state index in [1.165, 1.54) is 0 Å². The van der Waals surface area contributed by atoms with Crippen molar-refractivity contribution in [2.75, 3.05) is 13.3 Å². The molecule has 1 N–H and O–H groups in total. The molecule has 2 fully saturated rings. The molecular weight excluding hydrogens is 198 g/mol. The van der Waals surface area contributed by atoms with Crippen molar-refractivity contribution in [3.05, 3.63) is 0 Å². The van der Waals surface area contributed by atoms with Crippen LogP contribution in [0.25, 0.3) is 0 Å². The van der Waals surface area contributed by atoms with E-state index in [0.717, 1.165) is 0 Å². The Kier molecular flexibility index (Phi) is 2.70. The van der Waals surface area contributed by atoms with Gasteiger partial charge in [0.05, 0.1) is 5.60 Å². The van der Waals surface area contributed by atoms with Crippen molar-refractivity contribution in [3.8, 4) is 0 Å². The molecule has 0 aromatic heterocycles. The number of nitrogens with one attached hydrogen (secondary N) is 1. The number of amides is 1. The first-order valence-corrected chi connectivity index (χ1v) is 5.25. The SMILES string of the molecule is CCNC(=O)C1OC(C)(C)C2OCOC12. The first-order chi connectivity index (χ1) is 7.06. The zero-order chi connectivity index (χ0) is 11.1. The summed E-state index contributed by atoms with van der Waals surface area (Å²) in [6.07, 6.45) is -0.968. The molecule has 0 radical (unpaired) electrons. The molecule has 2 rings (SSSR count). The van der Waals surface area contributed by atoms with E-state index < -0.39 is 11.7 Å². The highest BCUT2D eigenvalue weighted by Gasteiger charge is 2.56. The van der Waals surface area contributed by atoms with Gasteiger partial charge >= 0.3 is 0 Å². The van der Waals surface area contributed by atoms with Gasteiger partial charge in [-0.3, -0.25) is 4.79 Å². The minimum absolute atomic E-state index is 0.122. The molecule has 0 saturated carbocycles. The number of carbonyl (C=O) groups is 1. The van der Waals surface area contributed by atoms with Gasteiger partial charge in [0.1, 0.15) is 19.0 Å². The van der Waals surface area contributed by atoms with Gasteiger partial charge in [-0.05, 0) is 20.8 Å². The van der Waals surface area contributed by atoms with Gasteiger partial charge in [-0.1, -0.05) is 0 Å². The molecule has 0 bridgehead atoms. The number of hydrogen-bond donors (Lipinski definition) is 1. The summed E-state index contributed by atoms with van der Waals surface area (Å²) in [6, 6.07) is 0. The minimum Gasteiger partial charge on any atom is -0.357 e. The Bertz CT molecular complexity index is 266. The Balaban J connectivity index is 2.11. The number of hydrogen-bond acceptors (Lipinski definition) is 4. The molecule has 5 heteroatoms. The lowest BCUT2D eigenvalue weighted by molar-refractivity contribution is -0.148. The van der Waals surface area contributed by atoms with Crippen molar-refractivity contribution in [1.82, 2.24) is 5.32 Å². The normalized spacial score (nSPS) is 37.7. The van der Waals surface area contributed by atoms with E-state index in [9.17, 15) is 4.79 Å². The Morgan fingerprint density at radius 3 is 2.87 bits per heavy atom. The van der Waals surface area contributed by atoms with Crippen molar-refractivity contribution < 1.29 is 19.0 Å². The van der Waals surface area contributed by atoms with E-state index in [1.54, 1.807) is 0 Å². The van der Waals surface area contributed by atoms with Gasteiger partial charge in [0.2, 0.25) is 0 Å². The van der Waals surface area contributed by atoms with E-state index in [-0.39, 0.29) is 24.9 Å². The van der Waals surface area contributed by atoms with Crippen LogP contribution in [0.1, 0.15) is 20.8 Å². The Morgan fingerprint density at radius 1 is 1.47 bits per heavy atom.